The normalized spacial score (nSPS) is 27.4. The molecule has 4 nitrogen and oxygen atoms in total. The second-order valence-corrected chi connectivity index (χ2v) is 5.77. The van der Waals surface area contributed by atoms with Crippen LogP contribution in [0, 0.1) is 0 Å². The molecule has 0 aliphatic carbocycles. The molecule has 1 aromatic rings. The summed E-state index contributed by atoms with van der Waals surface area (Å²) in [6.07, 6.45) is 4.62. The van der Waals surface area contributed by atoms with E-state index in [1.165, 1.54) is 5.69 Å². The fraction of sp³-hybridized carbons (Fsp3) is 0.625. The number of piperidine rings is 1. The molecule has 0 amide bonds. The third kappa shape index (κ3) is 3.25. The lowest BCUT2D eigenvalue weighted by Crippen LogP contribution is -2.43. The topological polar surface area (TPSA) is 47.7 Å². The molecule has 2 aliphatic heterocycles. The van der Waals surface area contributed by atoms with Crippen LogP contribution in [0.2, 0.25) is 0 Å². The summed E-state index contributed by atoms with van der Waals surface area (Å²) in [4.78, 5) is 2.35. The van der Waals surface area contributed by atoms with Crippen LogP contribution in [0.15, 0.2) is 24.3 Å². The molecule has 1 aromatic carbocycles. The molecule has 0 aromatic heterocycles. The van der Waals surface area contributed by atoms with Crippen molar-refractivity contribution in [1.82, 2.24) is 0 Å². The van der Waals surface area contributed by atoms with Crippen LogP contribution in [0.3, 0.4) is 0 Å². The molecular formula is C16H24N2O2. The summed E-state index contributed by atoms with van der Waals surface area (Å²) in [5.74, 6) is 0.970. The maximum absolute atomic E-state index is 6.17. The average Bonchev–Trinajstić information content (AvgIpc) is 2.49. The maximum atomic E-state index is 6.17. The first-order valence-corrected chi connectivity index (χ1v) is 7.67. The van der Waals surface area contributed by atoms with E-state index in [1.54, 1.807) is 0 Å². The van der Waals surface area contributed by atoms with Gasteiger partial charge in [-0.05, 0) is 37.8 Å². The molecule has 110 valence electrons. The zero-order chi connectivity index (χ0) is 13.8. The van der Waals surface area contributed by atoms with Gasteiger partial charge in [-0.1, -0.05) is 12.1 Å². The number of hydrogen-bond donors (Lipinski definition) is 1. The Morgan fingerprint density at radius 2 is 2.10 bits per heavy atom. The molecule has 2 atom stereocenters. The van der Waals surface area contributed by atoms with E-state index in [2.05, 4.69) is 23.1 Å². The standard InChI is InChI=1S/C16H24N2O2/c17-13-5-3-9-18(11-13)15-7-1-2-8-16(15)20-14-6-4-10-19-12-14/h1-2,7-8,13-14H,3-6,9-12,17H2. The van der Waals surface area contributed by atoms with Gasteiger partial charge in [-0.25, -0.2) is 0 Å². The van der Waals surface area contributed by atoms with E-state index in [0.717, 1.165) is 51.1 Å². The molecule has 2 aliphatic rings. The van der Waals surface area contributed by atoms with Crippen LogP contribution < -0.4 is 15.4 Å². The Morgan fingerprint density at radius 1 is 1.20 bits per heavy atom. The van der Waals surface area contributed by atoms with Gasteiger partial charge in [0.1, 0.15) is 11.9 Å². The second-order valence-electron chi connectivity index (χ2n) is 5.77. The van der Waals surface area contributed by atoms with Gasteiger partial charge in [0.2, 0.25) is 0 Å². The Balaban J connectivity index is 1.73. The molecule has 0 spiro atoms. The van der Waals surface area contributed by atoms with Crippen LogP contribution in [0.4, 0.5) is 5.69 Å². The average molecular weight is 276 g/mol. The molecule has 3 rings (SSSR count). The van der Waals surface area contributed by atoms with Crippen molar-refractivity contribution in [3.63, 3.8) is 0 Å². The van der Waals surface area contributed by atoms with Gasteiger partial charge in [0.25, 0.3) is 0 Å². The molecule has 0 saturated carbocycles. The fourth-order valence-corrected chi connectivity index (χ4v) is 3.03. The van der Waals surface area contributed by atoms with Gasteiger partial charge in [-0.2, -0.15) is 0 Å². The molecule has 2 heterocycles. The number of nitrogens with two attached hydrogens (primary N) is 1. The van der Waals surface area contributed by atoms with Crippen molar-refractivity contribution in [2.24, 2.45) is 5.73 Å². The van der Waals surface area contributed by atoms with Crippen LogP contribution in [0.25, 0.3) is 0 Å². The molecule has 0 radical (unpaired) electrons. The Hall–Kier alpha value is -1.26. The molecule has 2 unspecified atom stereocenters. The molecular weight excluding hydrogens is 252 g/mol. The van der Waals surface area contributed by atoms with Gasteiger partial charge in [-0.15, -0.1) is 0 Å². The zero-order valence-corrected chi connectivity index (χ0v) is 12.0. The first-order valence-electron chi connectivity index (χ1n) is 7.67. The van der Waals surface area contributed by atoms with Gasteiger partial charge in [0, 0.05) is 25.7 Å². The Labute approximate surface area is 120 Å². The summed E-state index contributed by atoms with van der Waals surface area (Å²) in [6, 6.07) is 8.57. The lowest BCUT2D eigenvalue weighted by molar-refractivity contribution is 0.00760. The third-order valence-electron chi connectivity index (χ3n) is 4.08. The number of rotatable bonds is 3. The van der Waals surface area contributed by atoms with E-state index >= 15 is 0 Å². The molecule has 20 heavy (non-hydrogen) atoms. The highest BCUT2D eigenvalue weighted by Gasteiger charge is 2.22. The predicted octanol–water partition coefficient (Wildman–Crippen LogP) is 2.17. The van der Waals surface area contributed by atoms with Crippen molar-refractivity contribution < 1.29 is 9.47 Å². The van der Waals surface area contributed by atoms with Crippen LogP contribution in [0.1, 0.15) is 25.7 Å². The third-order valence-corrected chi connectivity index (χ3v) is 4.08. The van der Waals surface area contributed by atoms with Gasteiger partial charge in [-0.3, -0.25) is 0 Å². The lowest BCUT2D eigenvalue weighted by atomic mass is 10.1. The van der Waals surface area contributed by atoms with Crippen molar-refractivity contribution in [1.29, 1.82) is 0 Å². The van der Waals surface area contributed by atoms with Gasteiger partial charge >= 0.3 is 0 Å². The highest BCUT2D eigenvalue weighted by Crippen LogP contribution is 2.31. The van der Waals surface area contributed by atoms with E-state index in [9.17, 15) is 0 Å². The fourth-order valence-electron chi connectivity index (χ4n) is 3.03. The summed E-state index contributed by atoms with van der Waals surface area (Å²) in [7, 11) is 0. The summed E-state index contributed by atoms with van der Waals surface area (Å²) in [5, 5.41) is 0. The smallest absolute Gasteiger partial charge is 0.143 e. The first-order chi connectivity index (χ1) is 9.83. The summed E-state index contributed by atoms with van der Waals surface area (Å²) >= 11 is 0. The highest BCUT2D eigenvalue weighted by molar-refractivity contribution is 5.58. The maximum Gasteiger partial charge on any atom is 0.143 e. The minimum atomic E-state index is 0.184. The van der Waals surface area contributed by atoms with Crippen LogP contribution in [0.5, 0.6) is 5.75 Å². The van der Waals surface area contributed by atoms with Crippen molar-refractivity contribution in [2.45, 2.75) is 37.8 Å². The summed E-state index contributed by atoms with van der Waals surface area (Å²) in [5.41, 5.74) is 7.27. The monoisotopic (exact) mass is 276 g/mol. The second kappa shape index (κ2) is 6.46. The van der Waals surface area contributed by atoms with Gasteiger partial charge in [0.15, 0.2) is 0 Å². The van der Waals surface area contributed by atoms with E-state index in [4.69, 9.17) is 15.2 Å². The van der Waals surface area contributed by atoms with Crippen molar-refractivity contribution in [3.8, 4) is 5.75 Å². The summed E-state index contributed by atoms with van der Waals surface area (Å²) < 4.78 is 11.7. The molecule has 0 bridgehead atoms. The van der Waals surface area contributed by atoms with E-state index in [0.29, 0.717) is 6.61 Å². The van der Waals surface area contributed by atoms with Crippen LogP contribution >= 0.6 is 0 Å². The zero-order valence-electron chi connectivity index (χ0n) is 12.0. The van der Waals surface area contributed by atoms with E-state index < -0.39 is 0 Å². The quantitative estimate of drug-likeness (QED) is 0.919. The molecule has 4 heteroatoms. The van der Waals surface area contributed by atoms with E-state index in [1.807, 2.05) is 6.07 Å². The van der Waals surface area contributed by atoms with Crippen molar-refractivity contribution >= 4 is 5.69 Å². The number of anilines is 1. The minimum Gasteiger partial charge on any atom is -0.486 e. The molecule has 2 fully saturated rings. The highest BCUT2D eigenvalue weighted by atomic mass is 16.5. The Bertz CT molecular complexity index is 432. The number of nitrogens with zero attached hydrogens (tertiary/aromatic N) is 1. The number of para-hydroxylation sites is 2. The Morgan fingerprint density at radius 3 is 2.90 bits per heavy atom. The largest absolute Gasteiger partial charge is 0.486 e. The van der Waals surface area contributed by atoms with Crippen LogP contribution in [-0.4, -0.2) is 38.4 Å². The van der Waals surface area contributed by atoms with Gasteiger partial charge in [0.05, 0.1) is 12.3 Å². The summed E-state index contributed by atoms with van der Waals surface area (Å²) in [6.45, 7) is 3.55. The van der Waals surface area contributed by atoms with E-state index in [-0.39, 0.29) is 12.1 Å². The SMILES string of the molecule is NC1CCCN(c2ccccc2OC2CCCOC2)C1. The van der Waals surface area contributed by atoms with Crippen molar-refractivity contribution in [3.05, 3.63) is 24.3 Å². The number of hydrogen-bond acceptors (Lipinski definition) is 4. The number of benzene rings is 1. The molecule has 2 N–H and O–H groups in total. The first kappa shape index (κ1) is 13.7. The molecule has 2 saturated heterocycles. The number of ether oxygens (including phenoxy) is 2. The van der Waals surface area contributed by atoms with Gasteiger partial charge < -0.3 is 20.1 Å². The Kier molecular flexibility index (Phi) is 4.43. The van der Waals surface area contributed by atoms with Crippen molar-refractivity contribution in [2.75, 3.05) is 31.2 Å². The predicted molar refractivity (Wildman–Crippen MR) is 80.3 cm³/mol. The van der Waals surface area contributed by atoms with Crippen LogP contribution in [-0.2, 0) is 4.74 Å². The minimum absolute atomic E-state index is 0.184. The lowest BCUT2D eigenvalue weighted by Gasteiger charge is -2.34.